The maximum Gasteiger partial charge on any atom is 0.231 e. The van der Waals surface area contributed by atoms with Gasteiger partial charge in [0.1, 0.15) is 17.4 Å². The molecule has 29 heavy (non-hydrogen) atoms. The van der Waals surface area contributed by atoms with Crippen LogP contribution in [0, 0.1) is 5.41 Å². The molecule has 150 valence electrons. The summed E-state index contributed by atoms with van der Waals surface area (Å²) in [5.74, 6) is 2.07. The van der Waals surface area contributed by atoms with Gasteiger partial charge in [-0.05, 0) is 38.1 Å². The molecule has 0 saturated heterocycles. The van der Waals surface area contributed by atoms with E-state index in [-0.39, 0.29) is 18.4 Å². The van der Waals surface area contributed by atoms with Gasteiger partial charge in [-0.3, -0.25) is 5.41 Å². The minimum absolute atomic E-state index is 0.101. The number of hydrogen-bond acceptors (Lipinski definition) is 5. The van der Waals surface area contributed by atoms with E-state index in [1.54, 1.807) is 4.90 Å². The van der Waals surface area contributed by atoms with E-state index in [0.717, 1.165) is 16.7 Å². The van der Waals surface area contributed by atoms with Gasteiger partial charge in [0.2, 0.25) is 6.79 Å². The number of aromatic nitrogens is 2. The SMILES string of the molecule is CC.CC1(C)C(O)=C(c2nc3ccccc3[nH]2)C(=N)N1c1ccc2c(c1)OCO2. The zero-order valence-electron chi connectivity index (χ0n) is 16.9. The van der Waals surface area contributed by atoms with Gasteiger partial charge in [0.05, 0.1) is 22.1 Å². The molecule has 7 heteroatoms. The van der Waals surface area contributed by atoms with Crippen LogP contribution < -0.4 is 14.4 Å². The number of fused-ring (bicyclic) bond motifs is 2. The molecule has 0 aliphatic carbocycles. The van der Waals surface area contributed by atoms with Crippen molar-refractivity contribution in [2.24, 2.45) is 0 Å². The van der Waals surface area contributed by atoms with Gasteiger partial charge in [0.15, 0.2) is 11.5 Å². The summed E-state index contributed by atoms with van der Waals surface area (Å²) >= 11 is 0. The number of anilines is 1. The van der Waals surface area contributed by atoms with Gasteiger partial charge in [-0.25, -0.2) is 4.98 Å². The quantitative estimate of drug-likeness (QED) is 0.579. The molecule has 1 aromatic heterocycles. The number of benzene rings is 2. The number of aliphatic hydroxyl groups excluding tert-OH is 1. The first-order chi connectivity index (χ1) is 14.0. The number of nitrogens with one attached hydrogen (secondary N) is 2. The van der Waals surface area contributed by atoms with Crippen molar-refractivity contribution in [3.05, 3.63) is 54.0 Å². The van der Waals surface area contributed by atoms with Gasteiger partial charge in [0.25, 0.3) is 0 Å². The van der Waals surface area contributed by atoms with Gasteiger partial charge >= 0.3 is 0 Å². The Balaban J connectivity index is 0.000000994. The zero-order valence-corrected chi connectivity index (χ0v) is 16.9. The number of amidine groups is 1. The molecular weight excluding hydrogens is 368 g/mol. The summed E-state index contributed by atoms with van der Waals surface area (Å²) < 4.78 is 10.8. The smallest absolute Gasteiger partial charge is 0.231 e. The Bertz CT molecular complexity index is 1100. The van der Waals surface area contributed by atoms with Crippen LogP contribution in [-0.2, 0) is 0 Å². The molecule has 7 nitrogen and oxygen atoms in total. The third-order valence-corrected chi connectivity index (χ3v) is 5.08. The van der Waals surface area contributed by atoms with E-state index in [1.807, 2.05) is 70.2 Å². The van der Waals surface area contributed by atoms with Crippen molar-refractivity contribution in [2.75, 3.05) is 11.7 Å². The molecule has 3 heterocycles. The second kappa shape index (κ2) is 6.84. The highest BCUT2D eigenvalue weighted by Gasteiger charge is 2.46. The lowest BCUT2D eigenvalue weighted by Gasteiger charge is -2.33. The summed E-state index contributed by atoms with van der Waals surface area (Å²) in [6, 6.07) is 13.1. The van der Waals surface area contributed by atoms with E-state index < -0.39 is 5.54 Å². The summed E-state index contributed by atoms with van der Waals surface area (Å²) in [4.78, 5) is 9.54. The minimum Gasteiger partial charge on any atom is -0.509 e. The van der Waals surface area contributed by atoms with Crippen molar-refractivity contribution in [3.63, 3.8) is 0 Å². The Labute approximate surface area is 169 Å². The van der Waals surface area contributed by atoms with Crippen molar-refractivity contribution in [1.82, 2.24) is 9.97 Å². The first-order valence-electron chi connectivity index (χ1n) is 9.64. The largest absolute Gasteiger partial charge is 0.509 e. The van der Waals surface area contributed by atoms with Crippen LogP contribution in [0.5, 0.6) is 11.5 Å². The summed E-state index contributed by atoms with van der Waals surface area (Å²) in [5, 5.41) is 19.7. The highest BCUT2D eigenvalue weighted by molar-refractivity contribution is 6.31. The van der Waals surface area contributed by atoms with Crippen LogP contribution in [-0.4, -0.2) is 33.2 Å². The third kappa shape index (κ3) is 2.81. The van der Waals surface area contributed by atoms with Crippen LogP contribution >= 0.6 is 0 Å². The molecule has 2 aliphatic rings. The van der Waals surface area contributed by atoms with Crippen LogP contribution in [0.1, 0.15) is 33.5 Å². The maximum absolute atomic E-state index is 11.0. The number of aromatic amines is 1. The van der Waals surface area contributed by atoms with E-state index in [4.69, 9.17) is 14.9 Å². The van der Waals surface area contributed by atoms with Crippen LogP contribution in [0.4, 0.5) is 5.69 Å². The first-order valence-corrected chi connectivity index (χ1v) is 9.64. The monoisotopic (exact) mass is 392 g/mol. The first kappa shape index (κ1) is 18.9. The zero-order chi connectivity index (χ0) is 20.8. The fourth-order valence-corrected chi connectivity index (χ4v) is 3.69. The van der Waals surface area contributed by atoms with Crippen molar-refractivity contribution >= 4 is 28.1 Å². The maximum atomic E-state index is 11.0. The molecule has 0 unspecified atom stereocenters. The molecule has 0 saturated carbocycles. The highest BCUT2D eigenvalue weighted by Crippen LogP contribution is 2.44. The van der Waals surface area contributed by atoms with Crippen LogP contribution in [0.25, 0.3) is 16.6 Å². The molecule has 0 spiro atoms. The molecule has 5 rings (SSSR count). The second-order valence-corrected chi connectivity index (χ2v) is 7.11. The number of H-pyrrole nitrogens is 1. The molecule has 3 N–H and O–H groups in total. The molecule has 0 amide bonds. The minimum atomic E-state index is -0.806. The predicted octanol–water partition coefficient (Wildman–Crippen LogP) is 4.86. The Morgan fingerprint density at radius 3 is 2.59 bits per heavy atom. The molecule has 3 aromatic rings. The topological polar surface area (TPSA) is 94.5 Å². The number of rotatable bonds is 2. The average Bonchev–Trinajstić information content (AvgIpc) is 3.39. The molecule has 0 bridgehead atoms. The van der Waals surface area contributed by atoms with E-state index in [1.165, 1.54) is 0 Å². The summed E-state index contributed by atoms with van der Waals surface area (Å²) in [6.07, 6.45) is 0. The lowest BCUT2D eigenvalue weighted by Crippen LogP contribution is -2.43. The molecule has 2 aromatic carbocycles. The van der Waals surface area contributed by atoms with Crippen molar-refractivity contribution in [3.8, 4) is 11.5 Å². The number of aliphatic hydroxyl groups is 1. The lowest BCUT2D eigenvalue weighted by atomic mass is 10.0. The average molecular weight is 392 g/mol. The Morgan fingerprint density at radius 2 is 1.83 bits per heavy atom. The standard InChI is InChI=1S/C20H18N4O3.C2H6/c1-20(2)17(25)16(19-22-12-5-3-4-6-13(12)23-19)18(21)24(20)11-7-8-14-15(9-11)27-10-26-14;1-2/h3-9,21,25H,10H2,1-2H3,(H,22,23);1-2H3. The Kier molecular flexibility index (Phi) is 4.45. The van der Waals surface area contributed by atoms with Gasteiger partial charge in [-0.1, -0.05) is 26.0 Å². The second-order valence-electron chi connectivity index (χ2n) is 7.11. The van der Waals surface area contributed by atoms with E-state index >= 15 is 0 Å². The van der Waals surface area contributed by atoms with Gasteiger partial charge in [-0.15, -0.1) is 0 Å². The van der Waals surface area contributed by atoms with E-state index in [0.29, 0.717) is 22.9 Å². The summed E-state index contributed by atoms with van der Waals surface area (Å²) in [7, 11) is 0. The summed E-state index contributed by atoms with van der Waals surface area (Å²) in [5.41, 5.74) is 1.99. The fourth-order valence-electron chi connectivity index (χ4n) is 3.69. The summed E-state index contributed by atoms with van der Waals surface area (Å²) in [6.45, 7) is 7.93. The number of hydrogen-bond donors (Lipinski definition) is 3. The van der Waals surface area contributed by atoms with E-state index in [9.17, 15) is 5.11 Å². The molecule has 0 radical (unpaired) electrons. The normalized spacial score (nSPS) is 17.0. The predicted molar refractivity (Wildman–Crippen MR) is 114 cm³/mol. The highest BCUT2D eigenvalue weighted by atomic mass is 16.7. The number of ether oxygens (including phenoxy) is 2. The van der Waals surface area contributed by atoms with E-state index in [2.05, 4.69) is 9.97 Å². The number of para-hydroxylation sites is 2. The van der Waals surface area contributed by atoms with Crippen molar-refractivity contribution in [2.45, 2.75) is 33.2 Å². The lowest BCUT2D eigenvalue weighted by molar-refractivity contribution is 0.174. The van der Waals surface area contributed by atoms with Crippen LogP contribution in [0.2, 0.25) is 0 Å². The van der Waals surface area contributed by atoms with Gasteiger partial charge in [0, 0.05) is 11.8 Å². The van der Waals surface area contributed by atoms with Crippen LogP contribution in [0.15, 0.2) is 48.2 Å². The third-order valence-electron chi connectivity index (χ3n) is 5.08. The van der Waals surface area contributed by atoms with Gasteiger partial charge < -0.3 is 24.5 Å². The molecule has 2 aliphatic heterocycles. The molecular formula is C22H24N4O3. The molecule has 0 atom stereocenters. The van der Waals surface area contributed by atoms with Crippen LogP contribution in [0.3, 0.4) is 0 Å². The van der Waals surface area contributed by atoms with Gasteiger partial charge in [-0.2, -0.15) is 0 Å². The van der Waals surface area contributed by atoms with Crippen molar-refractivity contribution < 1.29 is 14.6 Å². The van der Waals surface area contributed by atoms with Crippen molar-refractivity contribution in [1.29, 1.82) is 5.41 Å². The Hall–Kier alpha value is -3.48. The molecule has 0 fully saturated rings. The Morgan fingerprint density at radius 1 is 1.10 bits per heavy atom. The number of imidazole rings is 1. The number of nitrogens with zero attached hydrogens (tertiary/aromatic N) is 2. The fraction of sp³-hybridized carbons (Fsp3) is 0.273.